The predicted molar refractivity (Wildman–Crippen MR) is 98.2 cm³/mol. The molecule has 0 aliphatic rings. The van der Waals surface area contributed by atoms with Crippen LogP contribution in [0.5, 0.6) is 0 Å². The Morgan fingerprint density at radius 3 is 2.73 bits per heavy atom. The zero-order valence-corrected chi connectivity index (χ0v) is 15.3. The Morgan fingerprint density at radius 2 is 2.08 bits per heavy atom. The Balaban J connectivity index is 1.69. The Morgan fingerprint density at radius 1 is 1.31 bits per heavy atom. The first-order valence-electron chi connectivity index (χ1n) is 7.72. The lowest BCUT2D eigenvalue weighted by Gasteiger charge is -2.19. The van der Waals surface area contributed by atoms with Crippen LogP contribution in [-0.4, -0.2) is 37.6 Å². The fourth-order valence-corrected chi connectivity index (χ4v) is 3.38. The minimum absolute atomic E-state index is 0.0544. The smallest absolute Gasteiger partial charge is 0.246 e. The van der Waals surface area contributed by atoms with Crippen molar-refractivity contribution in [1.82, 2.24) is 25.1 Å². The third-order valence-corrected chi connectivity index (χ3v) is 4.73. The number of rotatable bonds is 7. The molecule has 9 heteroatoms. The average molecular weight is 392 g/mol. The number of hydrogen-bond donors (Lipinski definition) is 0. The normalized spacial score (nSPS) is 10.7. The van der Waals surface area contributed by atoms with E-state index in [0.29, 0.717) is 28.8 Å². The van der Waals surface area contributed by atoms with Crippen molar-refractivity contribution in [3.8, 4) is 11.4 Å². The number of amides is 1. The van der Waals surface area contributed by atoms with Gasteiger partial charge in [-0.25, -0.2) is 4.39 Å². The molecule has 2 aromatic heterocycles. The maximum Gasteiger partial charge on any atom is 0.246 e. The van der Waals surface area contributed by atoms with E-state index >= 15 is 0 Å². The fraction of sp³-hybridized carbons (Fsp3) is 0.176. The summed E-state index contributed by atoms with van der Waals surface area (Å²) in [4.78, 5) is 16.4. The summed E-state index contributed by atoms with van der Waals surface area (Å²) in [6.45, 7) is 4.46. The molecule has 0 aliphatic carbocycles. The molecule has 0 saturated heterocycles. The third kappa shape index (κ3) is 4.53. The maximum absolute atomic E-state index is 13.0. The standard InChI is InChI=1S/C17H15ClFN5OS/c1-2-9-23(10-14-7-8-15(18)26-14)16(25)11-24-21-17(20-22-24)12-3-5-13(19)6-4-12/h2-8H,1,9-11H2. The highest BCUT2D eigenvalue weighted by atomic mass is 35.5. The Kier molecular flexibility index (Phi) is 5.75. The van der Waals surface area contributed by atoms with Gasteiger partial charge in [0.25, 0.3) is 0 Å². The second kappa shape index (κ2) is 8.20. The van der Waals surface area contributed by atoms with Gasteiger partial charge in [0.05, 0.1) is 10.9 Å². The number of thiophene rings is 1. The number of nitrogens with zero attached hydrogens (tertiary/aromatic N) is 5. The number of benzene rings is 1. The summed E-state index contributed by atoms with van der Waals surface area (Å²) in [5.74, 6) is -0.180. The highest BCUT2D eigenvalue weighted by Crippen LogP contribution is 2.23. The third-order valence-electron chi connectivity index (χ3n) is 3.51. The molecule has 2 heterocycles. The van der Waals surface area contributed by atoms with Crippen molar-refractivity contribution in [1.29, 1.82) is 0 Å². The van der Waals surface area contributed by atoms with Crippen LogP contribution in [0.25, 0.3) is 11.4 Å². The minimum Gasteiger partial charge on any atom is -0.332 e. The van der Waals surface area contributed by atoms with Crippen LogP contribution in [-0.2, 0) is 17.9 Å². The monoisotopic (exact) mass is 391 g/mol. The molecular formula is C17H15ClFN5OS. The first kappa shape index (κ1) is 18.2. The molecule has 0 aliphatic heterocycles. The summed E-state index contributed by atoms with van der Waals surface area (Å²) in [5.41, 5.74) is 0.626. The van der Waals surface area contributed by atoms with Crippen molar-refractivity contribution in [3.05, 3.63) is 64.1 Å². The second-order valence-corrected chi connectivity index (χ2v) is 7.22. The van der Waals surface area contributed by atoms with Crippen molar-refractivity contribution in [2.24, 2.45) is 0 Å². The van der Waals surface area contributed by atoms with E-state index in [-0.39, 0.29) is 18.3 Å². The molecule has 3 aromatic rings. The lowest BCUT2D eigenvalue weighted by atomic mass is 10.2. The van der Waals surface area contributed by atoms with Crippen molar-refractivity contribution >= 4 is 28.8 Å². The molecule has 0 N–H and O–H groups in total. The lowest BCUT2D eigenvalue weighted by molar-refractivity contribution is -0.132. The summed E-state index contributed by atoms with van der Waals surface area (Å²) >= 11 is 7.36. The Hall–Kier alpha value is -2.58. The molecule has 1 aromatic carbocycles. The van der Waals surface area contributed by atoms with Crippen LogP contribution in [0.3, 0.4) is 0 Å². The molecule has 134 valence electrons. The second-order valence-electron chi connectivity index (χ2n) is 5.42. The number of hydrogen-bond acceptors (Lipinski definition) is 5. The zero-order chi connectivity index (χ0) is 18.5. The van der Waals surface area contributed by atoms with Gasteiger partial charge in [-0.2, -0.15) is 4.80 Å². The minimum atomic E-state index is -0.343. The number of halogens is 2. The molecule has 6 nitrogen and oxygen atoms in total. The quantitative estimate of drug-likeness (QED) is 0.579. The van der Waals surface area contributed by atoms with Gasteiger partial charge in [0.15, 0.2) is 0 Å². The van der Waals surface area contributed by atoms with Gasteiger partial charge in [-0.15, -0.1) is 28.1 Å². The molecule has 0 fully saturated rings. The highest BCUT2D eigenvalue weighted by molar-refractivity contribution is 7.16. The van der Waals surface area contributed by atoms with E-state index in [1.54, 1.807) is 29.2 Å². The molecule has 1 amide bonds. The first-order chi connectivity index (χ1) is 12.5. The van der Waals surface area contributed by atoms with Crippen LogP contribution < -0.4 is 0 Å². The molecule has 0 unspecified atom stereocenters. The topological polar surface area (TPSA) is 63.9 Å². The Bertz CT molecular complexity index is 908. The van der Waals surface area contributed by atoms with Crippen molar-refractivity contribution in [2.45, 2.75) is 13.1 Å². The molecule has 0 atom stereocenters. The van der Waals surface area contributed by atoms with E-state index < -0.39 is 0 Å². The van der Waals surface area contributed by atoms with Crippen LogP contribution >= 0.6 is 22.9 Å². The van der Waals surface area contributed by atoms with E-state index in [1.165, 1.54) is 28.3 Å². The van der Waals surface area contributed by atoms with Crippen LogP contribution in [0, 0.1) is 5.82 Å². The molecule has 3 rings (SSSR count). The van der Waals surface area contributed by atoms with Gasteiger partial charge >= 0.3 is 0 Å². The fourth-order valence-electron chi connectivity index (χ4n) is 2.28. The van der Waals surface area contributed by atoms with Gasteiger partial charge in [0.1, 0.15) is 12.4 Å². The van der Waals surface area contributed by atoms with Gasteiger partial charge in [0, 0.05) is 17.0 Å². The molecule has 0 saturated carbocycles. The first-order valence-corrected chi connectivity index (χ1v) is 8.91. The van der Waals surface area contributed by atoms with Gasteiger partial charge in [0.2, 0.25) is 11.7 Å². The SMILES string of the molecule is C=CCN(Cc1ccc(Cl)s1)C(=O)Cn1nnc(-c2ccc(F)cc2)n1. The summed E-state index contributed by atoms with van der Waals surface area (Å²) in [7, 11) is 0. The molecule has 26 heavy (non-hydrogen) atoms. The van der Waals surface area contributed by atoms with E-state index in [4.69, 9.17) is 11.6 Å². The number of tetrazole rings is 1. The maximum atomic E-state index is 13.0. The van der Waals surface area contributed by atoms with Crippen molar-refractivity contribution < 1.29 is 9.18 Å². The van der Waals surface area contributed by atoms with Crippen LogP contribution in [0.4, 0.5) is 4.39 Å². The van der Waals surface area contributed by atoms with E-state index in [1.807, 2.05) is 6.07 Å². The number of carbonyl (C=O) groups excluding carboxylic acids is 1. The average Bonchev–Trinajstić information content (AvgIpc) is 3.24. The van der Waals surface area contributed by atoms with Crippen molar-refractivity contribution in [3.63, 3.8) is 0 Å². The van der Waals surface area contributed by atoms with Gasteiger partial charge in [-0.05, 0) is 41.6 Å². The molecular weight excluding hydrogens is 377 g/mol. The highest BCUT2D eigenvalue weighted by Gasteiger charge is 2.16. The van der Waals surface area contributed by atoms with E-state index in [0.717, 1.165) is 4.88 Å². The van der Waals surface area contributed by atoms with Gasteiger partial charge in [-0.1, -0.05) is 17.7 Å². The van der Waals surface area contributed by atoms with Crippen LogP contribution in [0.1, 0.15) is 4.88 Å². The summed E-state index contributed by atoms with van der Waals surface area (Å²) in [6, 6.07) is 9.44. The van der Waals surface area contributed by atoms with Crippen LogP contribution in [0.15, 0.2) is 49.1 Å². The summed E-state index contributed by atoms with van der Waals surface area (Å²) < 4.78 is 13.7. The Labute approximate surface area is 158 Å². The zero-order valence-electron chi connectivity index (χ0n) is 13.7. The van der Waals surface area contributed by atoms with Crippen molar-refractivity contribution in [2.75, 3.05) is 6.54 Å². The van der Waals surface area contributed by atoms with Gasteiger partial charge < -0.3 is 4.90 Å². The van der Waals surface area contributed by atoms with E-state index in [9.17, 15) is 9.18 Å². The van der Waals surface area contributed by atoms with Gasteiger partial charge in [-0.3, -0.25) is 4.79 Å². The molecule has 0 bridgehead atoms. The molecule has 0 spiro atoms. The summed E-state index contributed by atoms with van der Waals surface area (Å²) in [5, 5.41) is 12.0. The number of carbonyl (C=O) groups is 1. The largest absolute Gasteiger partial charge is 0.332 e. The van der Waals surface area contributed by atoms with Crippen LogP contribution in [0.2, 0.25) is 4.34 Å². The summed E-state index contributed by atoms with van der Waals surface area (Å²) in [6.07, 6.45) is 1.66. The predicted octanol–water partition coefficient (Wildman–Crippen LogP) is 3.41. The van der Waals surface area contributed by atoms with E-state index in [2.05, 4.69) is 22.0 Å². The lowest BCUT2D eigenvalue weighted by Crippen LogP contribution is -2.34. The molecule has 0 radical (unpaired) electrons. The number of aromatic nitrogens is 4.